The van der Waals surface area contributed by atoms with Crippen LogP contribution < -0.4 is 0 Å². The molecule has 0 amide bonds. The minimum Gasteiger partial charge on any atom is -0.456 e. The molecular weight excluding hydrogens is 757 g/mol. The van der Waals surface area contributed by atoms with E-state index in [1.807, 2.05) is 48.5 Å². The lowest BCUT2D eigenvalue weighted by Crippen LogP contribution is -2.00. The molecule has 5 nitrogen and oxygen atoms in total. The molecule has 3 aromatic heterocycles. The summed E-state index contributed by atoms with van der Waals surface area (Å²) in [5.41, 5.74) is 14.7. The van der Waals surface area contributed by atoms with Gasteiger partial charge in [0.1, 0.15) is 11.2 Å². The fourth-order valence-electron chi connectivity index (χ4n) is 8.79. The van der Waals surface area contributed by atoms with E-state index in [2.05, 4.69) is 174 Å². The number of hydrogen-bond donors (Lipinski definition) is 0. The van der Waals surface area contributed by atoms with Crippen LogP contribution in [0.15, 0.2) is 223 Å². The second-order valence-electron chi connectivity index (χ2n) is 15.6. The van der Waals surface area contributed by atoms with E-state index in [4.69, 9.17) is 19.4 Å². The Labute approximate surface area is 357 Å². The standard InChI is InChI=1S/C57H36N4O/c1-3-13-37(14-4-1)41-17-11-18-42(33-41)38-25-27-40(28-26-38)56-58-55(39-15-5-2-6-16-39)59-57(60-56)45-30-31-48-47-21-7-9-23-51(47)61(52(48)35-45)46-20-12-19-43(34-46)44-29-32-50-49-22-8-10-24-53(49)62-54(50)36-44/h1-36H. The van der Waals surface area contributed by atoms with E-state index in [9.17, 15) is 0 Å². The lowest BCUT2D eigenvalue weighted by molar-refractivity contribution is 0.669. The van der Waals surface area contributed by atoms with Crippen molar-refractivity contribution in [2.45, 2.75) is 0 Å². The number of fused-ring (bicyclic) bond motifs is 6. The third-order valence-electron chi connectivity index (χ3n) is 11.9. The van der Waals surface area contributed by atoms with E-state index in [1.54, 1.807) is 0 Å². The van der Waals surface area contributed by atoms with E-state index < -0.39 is 0 Å². The molecule has 0 radical (unpaired) electrons. The van der Waals surface area contributed by atoms with Crippen LogP contribution in [0.3, 0.4) is 0 Å². The van der Waals surface area contributed by atoms with Crippen molar-refractivity contribution < 1.29 is 4.42 Å². The SMILES string of the molecule is c1ccc(-c2cccc(-c3ccc(-c4nc(-c5ccccc5)nc(-c5ccc6c7ccccc7n(-c7cccc(-c8ccc9c(c8)oc8ccccc89)c7)c6c5)n4)cc3)c2)cc1. The molecule has 0 fully saturated rings. The van der Waals surface area contributed by atoms with Crippen LogP contribution in [0.5, 0.6) is 0 Å². The third kappa shape index (κ3) is 6.23. The first-order valence-corrected chi connectivity index (χ1v) is 20.8. The lowest BCUT2D eigenvalue weighted by Gasteiger charge is -2.12. The Bertz CT molecular complexity index is 3630. The van der Waals surface area contributed by atoms with Crippen molar-refractivity contribution in [1.82, 2.24) is 19.5 Å². The Hall–Kier alpha value is -8.41. The van der Waals surface area contributed by atoms with Crippen LogP contribution in [0, 0.1) is 0 Å². The van der Waals surface area contributed by atoms with Gasteiger partial charge in [-0.1, -0.05) is 170 Å². The Morgan fingerprint density at radius 1 is 0.274 bits per heavy atom. The summed E-state index contributed by atoms with van der Waals surface area (Å²) in [5.74, 6) is 1.85. The highest BCUT2D eigenvalue weighted by Crippen LogP contribution is 2.38. The predicted octanol–water partition coefficient (Wildman–Crippen LogP) is 14.9. The van der Waals surface area contributed by atoms with E-state index >= 15 is 0 Å². The minimum absolute atomic E-state index is 0.611. The van der Waals surface area contributed by atoms with E-state index in [1.165, 1.54) is 16.5 Å². The van der Waals surface area contributed by atoms with Crippen LogP contribution >= 0.6 is 0 Å². The Balaban J connectivity index is 0.962. The van der Waals surface area contributed by atoms with E-state index in [0.717, 1.165) is 83.0 Å². The molecule has 0 N–H and O–H groups in total. The van der Waals surface area contributed by atoms with Gasteiger partial charge in [0.15, 0.2) is 17.5 Å². The molecule has 12 rings (SSSR count). The number of nitrogens with zero attached hydrogens (tertiary/aromatic N) is 4. The van der Waals surface area contributed by atoms with E-state index in [0.29, 0.717) is 17.5 Å². The molecule has 0 aliphatic heterocycles. The zero-order valence-corrected chi connectivity index (χ0v) is 33.5. The summed E-state index contributed by atoms with van der Waals surface area (Å²) in [7, 11) is 0. The second kappa shape index (κ2) is 14.7. The Morgan fingerprint density at radius 3 is 1.50 bits per heavy atom. The largest absolute Gasteiger partial charge is 0.456 e. The van der Waals surface area contributed by atoms with Gasteiger partial charge in [-0.3, -0.25) is 0 Å². The number of benzene rings is 9. The van der Waals surface area contributed by atoms with Gasteiger partial charge in [0.2, 0.25) is 0 Å². The molecule has 0 spiro atoms. The maximum Gasteiger partial charge on any atom is 0.164 e. The minimum atomic E-state index is 0.611. The van der Waals surface area contributed by atoms with Gasteiger partial charge in [-0.25, -0.2) is 15.0 Å². The molecular formula is C57H36N4O. The van der Waals surface area contributed by atoms with Gasteiger partial charge in [-0.05, 0) is 81.9 Å². The molecule has 62 heavy (non-hydrogen) atoms. The summed E-state index contributed by atoms with van der Waals surface area (Å²) in [5, 5.41) is 4.58. The highest BCUT2D eigenvalue weighted by atomic mass is 16.3. The Kier molecular flexibility index (Phi) is 8.42. The van der Waals surface area contributed by atoms with Crippen molar-refractivity contribution in [3.05, 3.63) is 218 Å². The summed E-state index contributed by atoms with van der Waals surface area (Å²) in [6.45, 7) is 0. The van der Waals surface area contributed by atoms with Gasteiger partial charge in [0.05, 0.1) is 11.0 Å². The van der Waals surface area contributed by atoms with Gasteiger partial charge in [-0.15, -0.1) is 0 Å². The van der Waals surface area contributed by atoms with Crippen molar-refractivity contribution in [3.8, 4) is 73.2 Å². The van der Waals surface area contributed by atoms with Gasteiger partial charge < -0.3 is 8.98 Å². The maximum absolute atomic E-state index is 6.28. The van der Waals surface area contributed by atoms with Gasteiger partial charge in [-0.2, -0.15) is 0 Å². The van der Waals surface area contributed by atoms with Crippen LogP contribution in [0.25, 0.3) is 117 Å². The zero-order chi connectivity index (χ0) is 41.0. The second-order valence-corrected chi connectivity index (χ2v) is 15.6. The maximum atomic E-state index is 6.28. The smallest absolute Gasteiger partial charge is 0.164 e. The van der Waals surface area contributed by atoms with Gasteiger partial charge in [0, 0.05) is 43.9 Å². The van der Waals surface area contributed by atoms with Gasteiger partial charge >= 0.3 is 0 Å². The normalized spacial score (nSPS) is 11.5. The molecule has 3 heterocycles. The van der Waals surface area contributed by atoms with Crippen LogP contribution in [0.1, 0.15) is 0 Å². The van der Waals surface area contributed by atoms with Crippen molar-refractivity contribution in [3.63, 3.8) is 0 Å². The summed E-state index contributed by atoms with van der Waals surface area (Å²) in [6, 6.07) is 76.4. The van der Waals surface area contributed by atoms with Gasteiger partial charge in [0.25, 0.3) is 0 Å². The first-order valence-electron chi connectivity index (χ1n) is 20.8. The lowest BCUT2D eigenvalue weighted by atomic mass is 9.98. The highest BCUT2D eigenvalue weighted by molar-refractivity contribution is 6.10. The molecule has 5 heteroatoms. The van der Waals surface area contributed by atoms with E-state index in [-0.39, 0.29) is 0 Å². The number of para-hydroxylation sites is 2. The topological polar surface area (TPSA) is 56.7 Å². The van der Waals surface area contributed by atoms with Crippen molar-refractivity contribution >= 4 is 43.7 Å². The molecule has 0 saturated carbocycles. The quantitative estimate of drug-likeness (QED) is 0.161. The molecule has 0 aliphatic rings. The zero-order valence-electron chi connectivity index (χ0n) is 33.5. The summed E-state index contributed by atoms with van der Waals surface area (Å²) >= 11 is 0. The number of rotatable bonds is 7. The van der Waals surface area contributed by atoms with Crippen LogP contribution in [-0.2, 0) is 0 Å². The number of hydrogen-bond acceptors (Lipinski definition) is 4. The average molecular weight is 793 g/mol. The summed E-state index contributed by atoms with van der Waals surface area (Å²) < 4.78 is 8.63. The fourth-order valence-corrected chi connectivity index (χ4v) is 8.79. The monoisotopic (exact) mass is 792 g/mol. The van der Waals surface area contributed by atoms with Crippen LogP contribution in [0.4, 0.5) is 0 Å². The first-order chi connectivity index (χ1) is 30.7. The van der Waals surface area contributed by atoms with Crippen molar-refractivity contribution in [1.29, 1.82) is 0 Å². The molecule has 0 saturated heterocycles. The molecule has 0 aliphatic carbocycles. The van der Waals surface area contributed by atoms with Crippen molar-refractivity contribution in [2.75, 3.05) is 0 Å². The number of furan rings is 1. The molecule has 12 aromatic rings. The average Bonchev–Trinajstić information content (AvgIpc) is 3.89. The Morgan fingerprint density at radius 2 is 0.742 bits per heavy atom. The third-order valence-corrected chi connectivity index (χ3v) is 11.9. The van der Waals surface area contributed by atoms with Crippen LogP contribution in [0.2, 0.25) is 0 Å². The molecule has 0 bridgehead atoms. The predicted molar refractivity (Wildman–Crippen MR) is 254 cm³/mol. The number of aromatic nitrogens is 4. The molecule has 290 valence electrons. The highest BCUT2D eigenvalue weighted by Gasteiger charge is 2.18. The van der Waals surface area contributed by atoms with Crippen LogP contribution in [-0.4, -0.2) is 19.5 Å². The summed E-state index contributed by atoms with van der Waals surface area (Å²) in [4.78, 5) is 15.3. The molecule has 0 unspecified atom stereocenters. The molecule has 9 aromatic carbocycles. The first kappa shape index (κ1) is 35.5. The summed E-state index contributed by atoms with van der Waals surface area (Å²) in [6.07, 6.45) is 0. The fraction of sp³-hybridized carbons (Fsp3) is 0. The molecule has 0 atom stereocenters. The van der Waals surface area contributed by atoms with Crippen molar-refractivity contribution in [2.24, 2.45) is 0 Å².